The van der Waals surface area contributed by atoms with Crippen molar-refractivity contribution < 1.29 is 58.3 Å². The van der Waals surface area contributed by atoms with Gasteiger partial charge >= 0.3 is 13.1 Å². The van der Waals surface area contributed by atoms with E-state index in [1.54, 1.807) is 97.9 Å². The second-order valence-electron chi connectivity index (χ2n) is 26.8. The van der Waals surface area contributed by atoms with Crippen LogP contribution in [-0.2, 0) is 9.53 Å². The number of anilines is 3. The van der Waals surface area contributed by atoms with E-state index in [1.807, 2.05) is 139 Å². The van der Waals surface area contributed by atoms with Crippen molar-refractivity contribution in [2.75, 3.05) is 67.9 Å². The van der Waals surface area contributed by atoms with Crippen LogP contribution >= 0.6 is 131 Å². The van der Waals surface area contributed by atoms with Gasteiger partial charge in [-0.05, 0) is 196 Å². The van der Waals surface area contributed by atoms with Crippen LogP contribution < -0.4 is 79.1 Å². The second kappa shape index (κ2) is 62.0. The van der Waals surface area contributed by atoms with Crippen molar-refractivity contribution in [3.63, 3.8) is 0 Å². The molecule has 0 amide bonds. The molecule has 142 heavy (non-hydrogen) atoms. The van der Waals surface area contributed by atoms with Crippen LogP contribution in [0, 0.1) is 44.3 Å². The van der Waals surface area contributed by atoms with E-state index in [0.29, 0.717) is 136 Å². The van der Waals surface area contributed by atoms with Gasteiger partial charge in [-0.3, -0.25) is 24.6 Å². The van der Waals surface area contributed by atoms with Crippen LogP contribution in [-0.4, -0.2) is 166 Å². The van der Waals surface area contributed by atoms with E-state index in [-0.39, 0.29) is 87.2 Å². The fraction of sp³-hybridized carbons (Fsp3) is 0.174. The molecule has 0 saturated carbocycles. The van der Waals surface area contributed by atoms with E-state index < -0.39 is 35.6 Å². The maximum Gasteiger partial charge on any atom is 0.488 e. The number of phenolic OH excluding ortho intramolecular Hbond substituents is 1. The van der Waals surface area contributed by atoms with Gasteiger partial charge in [-0.1, -0.05) is 197 Å². The number of aromatic amines is 6. The molecular weight excluding hydrogens is 2370 g/mol. The number of nitrogens with one attached hydrogen (secondary N) is 7. The van der Waals surface area contributed by atoms with Crippen LogP contribution in [0.2, 0.25) is 0 Å². The number of alkyl halides is 1. The summed E-state index contributed by atoms with van der Waals surface area (Å²) in [6.45, 7) is 18.3. The SMILES string of the molecule is CCI.CCOC(=O)/C(C#N)=N/O.CCOc1cc(-c2ccccc2)ccc1-c1nc2n[nH]nc2c(=O)[nH]1.CCOc1cc(Br)ccc1-c1nc(N)c(N)c(=O)[nH]1.CCOc1cc(Br)ccc1-c1nc(N)c(N=O)c(=O)[nH]1.CCOc1cc(Br)ccc1-c1nc2n[nH]nc2c(=O)[nH]1.CCOc1cc(Br)ccc1C#N.CCOc1cc(Br)ccc1C(=N)N.Cl.N#Cc1ccc(Br)cc1O.OB(O)c1ccccc1. The number of carbonyl (C=O) groups is 1. The highest BCUT2D eigenvalue weighted by Gasteiger charge is 2.21. The number of fused-ring (bicyclic) bond motifs is 2. The quantitative estimate of drug-likeness (QED) is 0.00345. The van der Waals surface area contributed by atoms with Gasteiger partial charge in [0.15, 0.2) is 22.7 Å². The number of nitroso groups, excluding NO2 is 1. The zero-order chi connectivity index (χ0) is 104. The van der Waals surface area contributed by atoms with E-state index >= 15 is 0 Å². The van der Waals surface area contributed by atoms with Gasteiger partial charge in [-0.2, -0.15) is 26.2 Å². The summed E-state index contributed by atoms with van der Waals surface area (Å²) in [5.74, 6) is 3.95. The number of amidine groups is 1. The average molecular weight is 2460 g/mol. The molecule has 0 bridgehead atoms. The number of phenols is 1. The molecule has 0 aliphatic rings. The standard InChI is InChI=1S/C18H15N5O2.C12H10BrN5O2.C12H11BrN4O3.C12H13BrN4O2.C9H11BrN2O.C9H8BrNO.C7H4BrNO.C6H7BO2.C5H6N2O3.C2H5I.ClH/c1-2-25-14-10-12(11-6-4-3-5-7-11)8-9-13(14)16-19-17-15(18(24)20-16)21-23-22-17;1-2-20-8-5-6(13)3-4-7(8)10-14-11-9(12(19)15-10)16-18-17-11;1-2-20-8-5-6(13)3-4-7(8)11-15-10(14)9(17-19)12(18)16-11;1-2-19-8-5-6(13)3-4-7(8)11-16-10(15)9(14)12(18)17-11;1-2-13-8-5-6(10)3-4-7(8)9(11)12;1-2-12-9-5-8(10)4-3-7(9)6-11;8-6-2-1-5(4-9)7(10)3-6;8-7(9)6-4-2-1-3-5-6;1-2-10-5(8)4(3-6)7-9;1-2-3;/h3-10H,2H2,1H3,(H2,19,20,21,22,23,24);3-5H,2H2,1H3,(H2,14,15,16,17,18,19);3-5H,2H2,1H3,(H3,14,15,16,18);3-5H,2,14H2,1H3,(H3,15,16,17,18);3-5H,2H2,1H3,(H3,11,12);3-5H,2H2,1H3;1-3,10H;1-5,8-9H;9H,2H2,1H3;2H2,1H3;1H/b;;;;;;;;7-4+;;. The van der Waals surface area contributed by atoms with Gasteiger partial charge in [0.25, 0.3) is 27.9 Å². The minimum Gasteiger partial charge on any atom is -0.507 e. The average Bonchev–Trinajstić information content (AvgIpc) is 1.14. The van der Waals surface area contributed by atoms with Crippen LogP contribution in [0.3, 0.4) is 0 Å². The maximum atomic E-state index is 12.1. The third kappa shape index (κ3) is 36.4. The molecule has 0 spiro atoms. The number of hydrogen-bond acceptors (Lipinski definition) is 34. The predicted octanol–water partition coefficient (Wildman–Crippen LogP) is 17.0. The van der Waals surface area contributed by atoms with E-state index in [9.17, 15) is 28.9 Å². The first kappa shape index (κ1) is 118. The zero-order valence-corrected chi connectivity index (χ0v) is 88.9. The van der Waals surface area contributed by atoms with Crippen molar-refractivity contribution in [2.24, 2.45) is 16.1 Å². The molecule has 50 heteroatoms. The third-order valence-electron chi connectivity index (χ3n) is 17.3. The number of nitriles is 3. The highest BCUT2D eigenvalue weighted by atomic mass is 127. The Morgan fingerprint density at radius 3 is 1.22 bits per heavy atom. The molecular formula is C92H91BBr6ClIN24O17. The molecule has 9 aromatic carbocycles. The molecule has 0 atom stereocenters. The number of ether oxygens (including phenoxy) is 7. The lowest BCUT2D eigenvalue weighted by Crippen LogP contribution is -2.29. The summed E-state index contributed by atoms with van der Waals surface area (Å²) in [7, 11) is -1.34. The Balaban J connectivity index is 0.000000286. The number of oxime groups is 1. The van der Waals surface area contributed by atoms with Crippen molar-refractivity contribution in [1.82, 2.24) is 70.7 Å². The molecule has 740 valence electrons. The van der Waals surface area contributed by atoms with Crippen molar-refractivity contribution >= 4 is 206 Å². The second-order valence-corrected chi connectivity index (χ2v) is 33.8. The number of nitrogen functional groups attached to an aromatic ring is 4. The first-order valence-corrected chi connectivity index (χ1v) is 47.8. The molecule has 0 fully saturated rings. The van der Waals surface area contributed by atoms with Gasteiger partial charge in [0.2, 0.25) is 17.0 Å². The Morgan fingerprint density at radius 1 is 0.465 bits per heavy atom. The molecule has 15 rings (SSSR count). The lowest BCUT2D eigenvalue weighted by molar-refractivity contribution is -0.135. The molecule has 0 aliphatic heterocycles. The molecule has 0 saturated heterocycles. The zero-order valence-electron chi connectivity index (χ0n) is 76.4. The molecule has 15 aromatic rings. The minimum absolute atomic E-state index is 0. The van der Waals surface area contributed by atoms with E-state index in [0.717, 1.165) is 38.0 Å². The number of H-pyrrole nitrogens is 6. The van der Waals surface area contributed by atoms with Crippen molar-refractivity contribution in [2.45, 2.75) is 55.4 Å². The third-order valence-corrected chi connectivity index (χ3v) is 20.2. The maximum absolute atomic E-state index is 12.1. The molecule has 0 aliphatic carbocycles. The summed E-state index contributed by atoms with van der Waals surface area (Å²) < 4.78 is 43.7. The van der Waals surface area contributed by atoms with Crippen molar-refractivity contribution in [3.8, 4) is 115 Å². The molecule has 0 unspecified atom stereocenters. The Hall–Kier alpha value is -14.3. The number of benzene rings is 9. The predicted molar refractivity (Wildman–Crippen MR) is 574 cm³/mol. The molecule has 41 nitrogen and oxygen atoms in total. The van der Waals surface area contributed by atoms with Gasteiger partial charge in [0, 0.05) is 26.8 Å². The van der Waals surface area contributed by atoms with Gasteiger partial charge < -0.3 is 96.4 Å². The Morgan fingerprint density at radius 2 is 0.831 bits per heavy atom. The smallest absolute Gasteiger partial charge is 0.488 e. The Bertz CT molecular complexity index is 7160. The Kier molecular flexibility index (Phi) is 51.6. The van der Waals surface area contributed by atoms with Crippen LogP contribution in [0.25, 0.3) is 79.0 Å². The first-order valence-electron chi connectivity index (χ1n) is 41.5. The number of aromatic hydroxyl groups is 1. The van der Waals surface area contributed by atoms with E-state index in [2.05, 4.69) is 217 Å². The number of nitrogens with zero attached hydrogens (tertiary/aromatic N) is 13. The lowest BCUT2D eigenvalue weighted by Gasteiger charge is -2.12. The molecule has 6 heterocycles. The summed E-state index contributed by atoms with van der Waals surface area (Å²) in [5, 5.41) is 91.7. The van der Waals surface area contributed by atoms with Crippen LogP contribution in [0.1, 0.15) is 72.1 Å². The highest BCUT2D eigenvalue weighted by molar-refractivity contribution is 14.1. The number of aromatic nitrogens is 14. The molecule has 0 radical (unpaired) electrons. The van der Waals surface area contributed by atoms with Gasteiger partial charge in [0.1, 0.15) is 93.3 Å². The number of nitrogens with two attached hydrogens (primary N) is 4. The largest absolute Gasteiger partial charge is 0.507 e. The number of carbonyl (C=O) groups excluding carboxylic acids is 1. The lowest BCUT2D eigenvalue weighted by atomic mass is 9.81. The summed E-state index contributed by atoms with van der Waals surface area (Å²) in [6, 6.07) is 61.4. The minimum atomic E-state index is -1.34. The van der Waals surface area contributed by atoms with Crippen molar-refractivity contribution in [3.05, 3.63) is 278 Å². The molecule has 6 aromatic heterocycles. The van der Waals surface area contributed by atoms with Gasteiger partial charge in [0.05, 0.1) is 85.2 Å². The van der Waals surface area contributed by atoms with Crippen LogP contribution in [0.4, 0.5) is 23.0 Å². The van der Waals surface area contributed by atoms with Crippen LogP contribution in [0.15, 0.2) is 244 Å². The van der Waals surface area contributed by atoms with E-state index in [4.69, 9.17) is 92.9 Å². The highest BCUT2D eigenvalue weighted by Crippen LogP contribution is 2.37. The fourth-order valence-corrected chi connectivity index (χ4v) is 13.2. The van der Waals surface area contributed by atoms with E-state index in [1.165, 1.54) is 16.6 Å². The summed E-state index contributed by atoms with van der Waals surface area (Å²) in [4.78, 5) is 95.5. The van der Waals surface area contributed by atoms with Crippen LogP contribution in [0.5, 0.6) is 40.2 Å². The topological polar surface area (TPSA) is 670 Å². The normalized spacial score (nSPS) is 10.0. The van der Waals surface area contributed by atoms with Gasteiger partial charge in [-0.15, -0.1) is 37.7 Å². The number of esters is 1. The summed E-state index contributed by atoms with van der Waals surface area (Å²) in [6.07, 6.45) is 0. The number of hydrogen-bond donors (Lipinski definition) is 15. The molecule has 19 N–H and O–H groups in total. The Labute approximate surface area is 881 Å². The number of halogens is 8. The van der Waals surface area contributed by atoms with Crippen molar-refractivity contribution in [1.29, 1.82) is 21.2 Å². The fourth-order valence-electron chi connectivity index (χ4n) is 11.2. The van der Waals surface area contributed by atoms with Gasteiger partial charge in [-0.25, -0.2) is 24.7 Å². The monoisotopic (exact) mass is 2450 g/mol. The number of rotatable bonds is 22. The summed E-state index contributed by atoms with van der Waals surface area (Å²) >= 11 is 22.2. The first-order chi connectivity index (χ1) is 67.7. The summed E-state index contributed by atoms with van der Waals surface area (Å²) in [5.41, 5.74) is 26.7.